The Balaban J connectivity index is 1.65. The number of pyridine rings is 1. The lowest BCUT2D eigenvalue weighted by Gasteiger charge is -2.51. The lowest BCUT2D eigenvalue weighted by molar-refractivity contribution is -0.0483. The lowest BCUT2D eigenvalue weighted by atomic mass is 9.60. The van der Waals surface area contributed by atoms with E-state index in [1.165, 1.54) is 0 Å². The predicted octanol–water partition coefficient (Wildman–Crippen LogP) is 2.47. The Labute approximate surface area is 136 Å². The molecular formula is C17H20N2O3S. The molecule has 2 fully saturated rings. The minimum atomic E-state index is -3.58. The zero-order chi connectivity index (χ0) is 15.9. The summed E-state index contributed by atoms with van der Waals surface area (Å²) < 4.78 is 34.2. The minimum Gasteiger partial charge on any atom is -0.381 e. The van der Waals surface area contributed by atoms with E-state index >= 15 is 0 Å². The molecule has 2 aromatic rings. The third-order valence-corrected chi connectivity index (χ3v) is 6.84. The van der Waals surface area contributed by atoms with Crippen LogP contribution in [0.3, 0.4) is 0 Å². The molecule has 2 heterocycles. The smallest absolute Gasteiger partial charge is 0.243 e. The van der Waals surface area contributed by atoms with Crippen LogP contribution in [0, 0.1) is 5.41 Å². The second-order valence-corrected chi connectivity index (χ2v) is 8.20. The van der Waals surface area contributed by atoms with Gasteiger partial charge < -0.3 is 4.74 Å². The van der Waals surface area contributed by atoms with Crippen molar-refractivity contribution in [3.05, 3.63) is 36.5 Å². The number of sulfonamides is 1. The number of hydrogen-bond acceptors (Lipinski definition) is 4. The molecule has 1 saturated heterocycles. The topological polar surface area (TPSA) is 68.3 Å². The molecule has 5 nitrogen and oxygen atoms in total. The molecule has 1 unspecified atom stereocenters. The van der Waals surface area contributed by atoms with Crippen molar-refractivity contribution in [1.82, 2.24) is 9.71 Å². The Morgan fingerprint density at radius 3 is 2.65 bits per heavy atom. The van der Waals surface area contributed by atoms with Gasteiger partial charge in [-0.05, 0) is 43.2 Å². The summed E-state index contributed by atoms with van der Waals surface area (Å²) in [6, 6.07) is 8.98. The molecule has 1 aromatic carbocycles. The highest BCUT2D eigenvalue weighted by Gasteiger charge is 2.49. The fourth-order valence-corrected chi connectivity index (χ4v) is 5.35. The first-order chi connectivity index (χ1) is 11.1. The summed E-state index contributed by atoms with van der Waals surface area (Å²) in [5.41, 5.74) is 0.617. The molecule has 23 heavy (non-hydrogen) atoms. The number of nitrogens with one attached hydrogen (secondary N) is 1. The summed E-state index contributed by atoms with van der Waals surface area (Å²) in [7, 11) is -3.58. The number of fused-ring (bicyclic) bond motifs is 1. The van der Waals surface area contributed by atoms with E-state index in [0.29, 0.717) is 5.52 Å². The molecule has 1 aliphatic heterocycles. The van der Waals surface area contributed by atoms with Gasteiger partial charge in [0.1, 0.15) is 4.90 Å². The first kappa shape index (κ1) is 15.1. The highest BCUT2D eigenvalue weighted by molar-refractivity contribution is 7.89. The number of benzene rings is 1. The van der Waals surface area contributed by atoms with Gasteiger partial charge in [-0.25, -0.2) is 13.1 Å². The van der Waals surface area contributed by atoms with E-state index in [9.17, 15) is 8.42 Å². The standard InChI is InChI=1S/C17H20N2O3S/c20-23(21,14-5-1-3-13-4-2-10-18-16(13)14)19-15-6-7-17(15)8-11-22-12-9-17/h1-5,10,15,19H,6-9,11-12H2. The highest BCUT2D eigenvalue weighted by atomic mass is 32.2. The lowest BCUT2D eigenvalue weighted by Crippen LogP contribution is -2.57. The summed E-state index contributed by atoms with van der Waals surface area (Å²) in [5.74, 6) is 0. The Bertz CT molecular complexity index is 823. The van der Waals surface area contributed by atoms with Gasteiger partial charge in [0.2, 0.25) is 10.0 Å². The second-order valence-electron chi connectivity index (χ2n) is 6.52. The average molecular weight is 332 g/mol. The van der Waals surface area contributed by atoms with Crippen LogP contribution < -0.4 is 4.72 Å². The fourth-order valence-electron chi connectivity index (χ4n) is 3.80. The Hall–Kier alpha value is -1.50. The molecule has 4 rings (SSSR count). The molecular weight excluding hydrogens is 312 g/mol. The summed E-state index contributed by atoms with van der Waals surface area (Å²) in [4.78, 5) is 4.53. The molecule has 1 saturated carbocycles. The maximum Gasteiger partial charge on any atom is 0.243 e. The van der Waals surface area contributed by atoms with Crippen LogP contribution in [0.4, 0.5) is 0 Å². The summed E-state index contributed by atoms with van der Waals surface area (Å²) in [6.07, 6.45) is 5.49. The first-order valence-corrected chi connectivity index (χ1v) is 9.53. The Kier molecular flexibility index (Phi) is 3.63. The summed E-state index contributed by atoms with van der Waals surface area (Å²) in [6.45, 7) is 1.46. The number of nitrogens with zero attached hydrogens (tertiary/aromatic N) is 1. The molecule has 1 aliphatic carbocycles. The zero-order valence-electron chi connectivity index (χ0n) is 12.9. The minimum absolute atomic E-state index is 0.00960. The highest BCUT2D eigenvalue weighted by Crippen LogP contribution is 2.49. The van der Waals surface area contributed by atoms with Crippen LogP contribution in [-0.2, 0) is 14.8 Å². The monoisotopic (exact) mass is 332 g/mol. The largest absolute Gasteiger partial charge is 0.381 e. The number of hydrogen-bond donors (Lipinski definition) is 1. The molecule has 0 bridgehead atoms. The fraction of sp³-hybridized carbons (Fsp3) is 0.471. The number of rotatable bonds is 3. The molecule has 1 spiro atoms. The van der Waals surface area contributed by atoms with Crippen LogP contribution in [0.25, 0.3) is 10.9 Å². The molecule has 1 N–H and O–H groups in total. The van der Waals surface area contributed by atoms with Crippen LogP contribution in [0.15, 0.2) is 41.4 Å². The van der Waals surface area contributed by atoms with Crippen molar-refractivity contribution in [2.75, 3.05) is 13.2 Å². The van der Waals surface area contributed by atoms with Crippen molar-refractivity contribution in [2.45, 2.75) is 36.6 Å². The number of para-hydroxylation sites is 1. The van der Waals surface area contributed by atoms with Gasteiger partial charge >= 0.3 is 0 Å². The predicted molar refractivity (Wildman–Crippen MR) is 87.6 cm³/mol. The van der Waals surface area contributed by atoms with E-state index in [2.05, 4.69) is 9.71 Å². The van der Waals surface area contributed by atoms with Crippen molar-refractivity contribution < 1.29 is 13.2 Å². The van der Waals surface area contributed by atoms with Gasteiger partial charge in [-0.2, -0.15) is 0 Å². The molecule has 1 aromatic heterocycles. The molecule has 2 aliphatic rings. The summed E-state index contributed by atoms with van der Waals surface area (Å²) >= 11 is 0. The normalized spacial score (nSPS) is 23.7. The van der Waals surface area contributed by atoms with E-state index in [1.807, 2.05) is 18.2 Å². The quantitative estimate of drug-likeness (QED) is 0.937. The maximum absolute atomic E-state index is 12.9. The Morgan fingerprint density at radius 2 is 1.91 bits per heavy atom. The van der Waals surface area contributed by atoms with Crippen LogP contribution in [-0.4, -0.2) is 32.7 Å². The Morgan fingerprint density at radius 1 is 1.13 bits per heavy atom. The average Bonchev–Trinajstić information content (AvgIpc) is 2.59. The van der Waals surface area contributed by atoms with Crippen molar-refractivity contribution in [1.29, 1.82) is 0 Å². The van der Waals surface area contributed by atoms with Crippen LogP contribution in [0.5, 0.6) is 0 Å². The number of aromatic nitrogens is 1. The van der Waals surface area contributed by atoms with Gasteiger partial charge in [-0.1, -0.05) is 18.2 Å². The van der Waals surface area contributed by atoms with Crippen LogP contribution in [0.2, 0.25) is 0 Å². The summed E-state index contributed by atoms with van der Waals surface area (Å²) in [5, 5.41) is 0.838. The SMILES string of the molecule is O=S(=O)(NC1CCC12CCOCC2)c1cccc2cccnc12. The molecule has 1 atom stereocenters. The van der Waals surface area contributed by atoms with E-state index in [0.717, 1.165) is 44.3 Å². The van der Waals surface area contributed by atoms with Crippen LogP contribution in [0.1, 0.15) is 25.7 Å². The van der Waals surface area contributed by atoms with Gasteiger partial charge in [0.05, 0.1) is 5.52 Å². The van der Waals surface area contributed by atoms with Crippen molar-refractivity contribution in [3.8, 4) is 0 Å². The van der Waals surface area contributed by atoms with Crippen molar-refractivity contribution in [2.24, 2.45) is 5.41 Å². The van der Waals surface area contributed by atoms with Crippen molar-refractivity contribution >= 4 is 20.9 Å². The van der Waals surface area contributed by atoms with Crippen LogP contribution >= 0.6 is 0 Å². The third-order valence-electron chi connectivity index (χ3n) is 5.34. The maximum atomic E-state index is 12.9. The second kappa shape index (κ2) is 5.54. The first-order valence-electron chi connectivity index (χ1n) is 8.05. The molecule has 0 amide bonds. The van der Waals surface area contributed by atoms with E-state index in [-0.39, 0.29) is 16.4 Å². The van der Waals surface area contributed by atoms with E-state index in [4.69, 9.17) is 4.74 Å². The van der Waals surface area contributed by atoms with Gasteiger partial charge in [-0.3, -0.25) is 4.98 Å². The van der Waals surface area contributed by atoms with E-state index < -0.39 is 10.0 Å². The van der Waals surface area contributed by atoms with Crippen molar-refractivity contribution in [3.63, 3.8) is 0 Å². The van der Waals surface area contributed by atoms with E-state index in [1.54, 1.807) is 18.3 Å². The molecule has 0 radical (unpaired) electrons. The van der Waals surface area contributed by atoms with Gasteiger partial charge in [-0.15, -0.1) is 0 Å². The zero-order valence-corrected chi connectivity index (χ0v) is 13.7. The molecule has 6 heteroatoms. The van der Waals surface area contributed by atoms with Gasteiger partial charge in [0.15, 0.2) is 0 Å². The van der Waals surface area contributed by atoms with Gasteiger partial charge in [0, 0.05) is 30.8 Å². The molecule has 122 valence electrons. The number of ether oxygens (including phenoxy) is 1. The third kappa shape index (κ3) is 2.55. The van der Waals surface area contributed by atoms with Gasteiger partial charge in [0.25, 0.3) is 0 Å².